The summed E-state index contributed by atoms with van der Waals surface area (Å²) in [5.74, 6) is -2.97. The van der Waals surface area contributed by atoms with E-state index in [1.807, 2.05) is 0 Å². The number of benzene rings is 2. The molecule has 0 aliphatic rings. The minimum Gasteiger partial charge on any atom is -0.507 e. The van der Waals surface area contributed by atoms with E-state index in [1.165, 1.54) is 12.1 Å². The third kappa shape index (κ3) is 3.56. The molecular weight excluding hydrogens is 381 g/mol. The number of nitrogens with two attached hydrogens (primary N) is 1. The predicted molar refractivity (Wildman–Crippen MR) is 89.0 cm³/mol. The van der Waals surface area contributed by atoms with Crippen molar-refractivity contribution in [2.75, 3.05) is 0 Å². The molecule has 0 spiro atoms. The zero-order valence-corrected chi connectivity index (χ0v) is 14.6. The first-order chi connectivity index (χ1) is 11.2. The van der Waals surface area contributed by atoms with E-state index in [9.17, 15) is 19.1 Å². The van der Waals surface area contributed by atoms with Crippen molar-refractivity contribution in [3.8, 4) is 5.75 Å². The lowest BCUT2D eigenvalue weighted by molar-refractivity contribution is -0.127. The Kier molecular flexibility index (Phi) is 5.23. The topological polar surface area (TPSA) is 89.6 Å². The smallest absolute Gasteiger partial charge is 0.343 e. The number of aryl methyl sites for hydroxylation is 2. The maximum atomic E-state index is 14.1. The van der Waals surface area contributed by atoms with Gasteiger partial charge in [0.1, 0.15) is 17.1 Å². The van der Waals surface area contributed by atoms with Gasteiger partial charge >= 0.3 is 5.97 Å². The summed E-state index contributed by atoms with van der Waals surface area (Å²) in [4.78, 5) is 24.0. The Balaban J connectivity index is 2.41. The predicted octanol–water partition coefficient (Wildman–Crippen LogP) is 3.29. The summed E-state index contributed by atoms with van der Waals surface area (Å²) in [5, 5.41) is 10.1. The van der Waals surface area contributed by atoms with Crippen molar-refractivity contribution >= 4 is 27.8 Å². The average molecular weight is 396 g/mol. The van der Waals surface area contributed by atoms with Crippen LogP contribution in [0, 0.1) is 19.7 Å². The fourth-order valence-electron chi connectivity index (χ4n) is 2.21. The Morgan fingerprint density at radius 1 is 1.21 bits per heavy atom. The lowest BCUT2D eigenvalue weighted by atomic mass is 10.0. The fourth-order valence-corrected chi connectivity index (χ4v) is 2.54. The summed E-state index contributed by atoms with van der Waals surface area (Å²) in [6, 6.07) is 7.20. The van der Waals surface area contributed by atoms with Crippen molar-refractivity contribution in [1.82, 2.24) is 0 Å². The summed E-state index contributed by atoms with van der Waals surface area (Å²) in [7, 11) is 0. The molecule has 1 amide bonds. The zero-order chi connectivity index (χ0) is 18.0. The monoisotopic (exact) mass is 395 g/mol. The Morgan fingerprint density at radius 3 is 2.42 bits per heavy atom. The molecule has 1 unspecified atom stereocenters. The molecule has 0 aliphatic heterocycles. The van der Waals surface area contributed by atoms with Gasteiger partial charge in [-0.1, -0.05) is 34.1 Å². The molecule has 0 saturated heterocycles. The SMILES string of the molecule is Cc1ccc(C)c(C(=O)OC(C(N)=O)c2ccc(Br)cc2F)c1O. The van der Waals surface area contributed by atoms with Crippen molar-refractivity contribution in [2.45, 2.75) is 20.0 Å². The highest BCUT2D eigenvalue weighted by molar-refractivity contribution is 9.10. The van der Waals surface area contributed by atoms with Crippen LogP contribution >= 0.6 is 15.9 Å². The molecule has 0 radical (unpaired) electrons. The zero-order valence-electron chi connectivity index (χ0n) is 13.0. The quantitative estimate of drug-likeness (QED) is 0.777. The molecule has 1 atom stereocenters. The van der Waals surface area contributed by atoms with Crippen LogP contribution in [0.5, 0.6) is 5.75 Å². The lowest BCUT2D eigenvalue weighted by Gasteiger charge is -2.17. The number of esters is 1. The molecular formula is C17H15BrFNO4. The van der Waals surface area contributed by atoms with E-state index < -0.39 is 23.8 Å². The third-order valence-corrected chi connectivity index (χ3v) is 4.01. The first-order valence-electron chi connectivity index (χ1n) is 6.96. The van der Waals surface area contributed by atoms with Crippen molar-refractivity contribution in [2.24, 2.45) is 5.73 Å². The van der Waals surface area contributed by atoms with E-state index in [0.717, 1.165) is 6.07 Å². The van der Waals surface area contributed by atoms with Crippen molar-refractivity contribution < 1.29 is 23.8 Å². The number of phenols is 1. The minimum atomic E-state index is -1.61. The number of phenolic OH excluding ortho intramolecular Hbond substituents is 1. The standard InChI is InChI=1S/C17H15BrFNO4/c1-8-3-4-9(2)14(21)13(8)17(23)24-15(16(20)22)11-6-5-10(18)7-12(11)19/h3-7,15,21H,1-2H3,(H2,20,22). The van der Waals surface area contributed by atoms with Crippen LogP contribution in [0.15, 0.2) is 34.8 Å². The molecule has 2 aromatic carbocycles. The van der Waals surface area contributed by atoms with Crippen LogP contribution < -0.4 is 5.73 Å². The second-order valence-electron chi connectivity index (χ2n) is 5.28. The van der Waals surface area contributed by atoms with Crippen LogP contribution in [0.25, 0.3) is 0 Å². The first-order valence-corrected chi connectivity index (χ1v) is 7.76. The molecule has 2 rings (SSSR count). The van der Waals surface area contributed by atoms with Gasteiger partial charge in [-0.25, -0.2) is 9.18 Å². The Morgan fingerprint density at radius 2 is 1.83 bits per heavy atom. The highest BCUT2D eigenvalue weighted by Gasteiger charge is 2.28. The van der Waals surface area contributed by atoms with Crippen LogP contribution in [0.4, 0.5) is 4.39 Å². The number of carbonyl (C=O) groups is 2. The minimum absolute atomic E-state index is 0.0845. The molecule has 7 heteroatoms. The van der Waals surface area contributed by atoms with Crippen molar-refractivity contribution in [1.29, 1.82) is 0 Å². The largest absolute Gasteiger partial charge is 0.507 e. The normalized spacial score (nSPS) is 11.8. The van der Waals surface area contributed by atoms with E-state index in [4.69, 9.17) is 10.5 Å². The van der Waals surface area contributed by atoms with E-state index in [-0.39, 0.29) is 16.9 Å². The van der Waals surface area contributed by atoms with Crippen LogP contribution in [0.2, 0.25) is 0 Å². The van der Waals surface area contributed by atoms with Crippen LogP contribution in [0.3, 0.4) is 0 Å². The molecule has 24 heavy (non-hydrogen) atoms. The van der Waals surface area contributed by atoms with Crippen LogP contribution in [0.1, 0.15) is 33.2 Å². The Labute approximate surface area is 146 Å². The van der Waals surface area contributed by atoms with Gasteiger partial charge in [-0.15, -0.1) is 0 Å². The first kappa shape index (κ1) is 17.9. The molecule has 0 saturated carbocycles. The molecule has 126 valence electrons. The molecule has 2 aromatic rings. The van der Waals surface area contributed by atoms with Gasteiger partial charge in [-0.05, 0) is 37.1 Å². The van der Waals surface area contributed by atoms with Gasteiger partial charge in [0.15, 0.2) is 0 Å². The van der Waals surface area contributed by atoms with Gasteiger partial charge in [0.05, 0.1) is 0 Å². The summed E-state index contributed by atoms with van der Waals surface area (Å²) in [6.45, 7) is 3.22. The van der Waals surface area contributed by atoms with E-state index in [0.29, 0.717) is 15.6 Å². The summed E-state index contributed by atoms with van der Waals surface area (Å²) in [6.07, 6.45) is -1.61. The van der Waals surface area contributed by atoms with Gasteiger partial charge in [0.2, 0.25) is 6.10 Å². The van der Waals surface area contributed by atoms with E-state index in [1.54, 1.807) is 26.0 Å². The number of hydrogen-bond donors (Lipinski definition) is 2. The number of primary amides is 1. The maximum absolute atomic E-state index is 14.1. The average Bonchev–Trinajstić information content (AvgIpc) is 2.49. The van der Waals surface area contributed by atoms with Crippen LogP contribution in [-0.2, 0) is 9.53 Å². The summed E-state index contributed by atoms with van der Waals surface area (Å²) >= 11 is 3.10. The van der Waals surface area contributed by atoms with Crippen LogP contribution in [-0.4, -0.2) is 17.0 Å². The van der Waals surface area contributed by atoms with E-state index >= 15 is 0 Å². The highest BCUT2D eigenvalue weighted by Crippen LogP contribution is 2.29. The van der Waals surface area contributed by atoms with Gasteiger partial charge in [0.25, 0.3) is 5.91 Å². The number of rotatable bonds is 4. The van der Waals surface area contributed by atoms with Gasteiger partial charge in [-0.2, -0.15) is 0 Å². The van der Waals surface area contributed by atoms with Crippen molar-refractivity contribution in [3.63, 3.8) is 0 Å². The van der Waals surface area contributed by atoms with Crippen molar-refractivity contribution in [3.05, 3.63) is 62.9 Å². The highest BCUT2D eigenvalue weighted by atomic mass is 79.9. The number of halogens is 2. The summed E-state index contributed by atoms with van der Waals surface area (Å²) in [5.41, 5.74) is 5.93. The Bertz CT molecular complexity index is 822. The number of aromatic hydroxyl groups is 1. The number of amides is 1. The maximum Gasteiger partial charge on any atom is 0.343 e. The molecule has 0 heterocycles. The second-order valence-corrected chi connectivity index (χ2v) is 6.19. The number of carbonyl (C=O) groups excluding carboxylic acids is 2. The Hall–Kier alpha value is -2.41. The molecule has 0 aliphatic carbocycles. The van der Waals surface area contributed by atoms with E-state index in [2.05, 4.69) is 15.9 Å². The molecule has 5 nitrogen and oxygen atoms in total. The second kappa shape index (κ2) is 7.00. The number of hydrogen-bond acceptors (Lipinski definition) is 4. The fraction of sp³-hybridized carbons (Fsp3) is 0.176. The van der Waals surface area contributed by atoms with Gasteiger partial charge in [-0.3, -0.25) is 4.79 Å². The molecule has 0 fully saturated rings. The third-order valence-electron chi connectivity index (χ3n) is 3.52. The summed E-state index contributed by atoms with van der Waals surface area (Å²) < 4.78 is 19.6. The molecule has 3 N–H and O–H groups in total. The molecule has 0 aromatic heterocycles. The lowest BCUT2D eigenvalue weighted by Crippen LogP contribution is -2.27. The van der Waals surface area contributed by atoms with Gasteiger partial charge < -0.3 is 15.6 Å². The van der Waals surface area contributed by atoms with Gasteiger partial charge in [0, 0.05) is 10.0 Å². The number of ether oxygens (including phenoxy) is 1. The molecule has 0 bridgehead atoms.